The van der Waals surface area contributed by atoms with Gasteiger partial charge in [0, 0.05) is 0 Å². The molecule has 1 nitrogen and oxygen atoms in total. The molecule has 2 aromatic carbocycles. The van der Waals surface area contributed by atoms with Gasteiger partial charge in [0.15, 0.2) is 0 Å². The molecule has 21 heavy (non-hydrogen) atoms. The summed E-state index contributed by atoms with van der Waals surface area (Å²) in [6.45, 7) is 0. The second-order valence-electron chi connectivity index (χ2n) is 5.67. The SMILES string of the molecule is [B]C1([B])CCC([B])([B])c2c(Oc3ccccc3)cccc21. The first-order valence-electron chi connectivity index (χ1n) is 6.92. The number of benzene rings is 2. The summed E-state index contributed by atoms with van der Waals surface area (Å²) in [5.74, 6) is 1.32. The van der Waals surface area contributed by atoms with E-state index in [4.69, 9.17) is 36.1 Å². The van der Waals surface area contributed by atoms with Gasteiger partial charge in [0.1, 0.15) is 11.5 Å². The highest BCUT2D eigenvalue weighted by molar-refractivity contribution is 6.44. The molecule has 0 N–H and O–H groups in total. The van der Waals surface area contributed by atoms with Crippen molar-refractivity contribution >= 4 is 31.4 Å². The second-order valence-corrected chi connectivity index (χ2v) is 5.67. The van der Waals surface area contributed by atoms with E-state index < -0.39 is 10.4 Å². The maximum absolute atomic E-state index is 6.25. The standard InChI is InChI=1S/C16H12B4O/c17-15(18)9-10-16(19,20)14-12(15)7-4-8-13(14)21-11-5-2-1-3-6-11/h1-8H,9-10H2. The van der Waals surface area contributed by atoms with Crippen LogP contribution in [0.5, 0.6) is 11.5 Å². The Morgan fingerprint density at radius 3 is 2.14 bits per heavy atom. The fourth-order valence-corrected chi connectivity index (χ4v) is 2.77. The summed E-state index contributed by atoms with van der Waals surface area (Å²) in [6, 6.07) is 15.0. The van der Waals surface area contributed by atoms with Crippen LogP contribution in [0.1, 0.15) is 24.0 Å². The molecule has 0 heterocycles. The molecule has 0 aliphatic heterocycles. The predicted molar refractivity (Wildman–Crippen MR) is 88.6 cm³/mol. The first-order chi connectivity index (χ1) is 9.90. The van der Waals surface area contributed by atoms with Crippen molar-refractivity contribution in [1.29, 1.82) is 0 Å². The molecule has 0 aromatic heterocycles. The van der Waals surface area contributed by atoms with Gasteiger partial charge in [-0.3, -0.25) is 0 Å². The van der Waals surface area contributed by atoms with Gasteiger partial charge in [0.05, 0.1) is 31.4 Å². The third-order valence-electron chi connectivity index (χ3n) is 3.92. The summed E-state index contributed by atoms with van der Waals surface area (Å²) in [5.41, 5.74) is 1.43. The van der Waals surface area contributed by atoms with Crippen molar-refractivity contribution in [3.8, 4) is 11.5 Å². The summed E-state index contributed by atoms with van der Waals surface area (Å²) < 4.78 is 5.93. The van der Waals surface area contributed by atoms with Gasteiger partial charge in [-0.1, -0.05) is 59.2 Å². The monoisotopic (exact) mass is 264 g/mol. The Kier molecular flexibility index (Phi) is 3.47. The predicted octanol–water partition coefficient (Wildman–Crippen LogP) is 2.25. The van der Waals surface area contributed by atoms with Crippen LogP contribution >= 0.6 is 0 Å². The lowest BCUT2D eigenvalue weighted by Gasteiger charge is -2.44. The van der Waals surface area contributed by atoms with E-state index in [9.17, 15) is 0 Å². The molecular weight excluding hydrogens is 251 g/mol. The maximum Gasteiger partial charge on any atom is 0.129 e. The molecule has 0 saturated carbocycles. The minimum Gasteiger partial charge on any atom is -0.457 e. The van der Waals surface area contributed by atoms with Crippen LogP contribution in [0.4, 0.5) is 0 Å². The van der Waals surface area contributed by atoms with Crippen LogP contribution in [0, 0.1) is 0 Å². The number of hydrogen-bond donors (Lipinski definition) is 0. The van der Waals surface area contributed by atoms with Gasteiger partial charge >= 0.3 is 0 Å². The molecule has 8 radical (unpaired) electrons. The second kappa shape index (κ2) is 5.05. The first kappa shape index (κ1) is 14.4. The Bertz CT molecular complexity index is 653. The molecule has 3 rings (SSSR count). The van der Waals surface area contributed by atoms with Crippen molar-refractivity contribution in [2.24, 2.45) is 0 Å². The van der Waals surface area contributed by atoms with E-state index >= 15 is 0 Å². The Hall–Kier alpha value is -1.50. The van der Waals surface area contributed by atoms with Gasteiger partial charge < -0.3 is 4.74 Å². The smallest absolute Gasteiger partial charge is 0.129 e. The number of ether oxygens (including phenoxy) is 1. The number of para-hydroxylation sites is 1. The Morgan fingerprint density at radius 1 is 0.762 bits per heavy atom. The van der Waals surface area contributed by atoms with Crippen molar-refractivity contribution in [2.45, 2.75) is 23.3 Å². The summed E-state index contributed by atoms with van der Waals surface area (Å²) in [7, 11) is 24.9. The Balaban J connectivity index is 2.11. The van der Waals surface area contributed by atoms with Crippen LogP contribution in [-0.2, 0) is 10.4 Å². The molecule has 0 fully saturated rings. The highest BCUT2D eigenvalue weighted by atomic mass is 16.5. The first-order valence-corrected chi connectivity index (χ1v) is 6.92. The summed E-state index contributed by atoms with van der Waals surface area (Å²) in [4.78, 5) is 0. The van der Waals surface area contributed by atoms with Crippen molar-refractivity contribution in [1.82, 2.24) is 0 Å². The van der Waals surface area contributed by atoms with E-state index in [-0.39, 0.29) is 0 Å². The molecule has 0 saturated heterocycles. The zero-order valence-corrected chi connectivity index (χ0v) is 11.8. The van der Waals surface area contributed by atoms with Crippen molar-refractivity contribution < 1.29 is 4.74 Å². The zero-order chi connectivity index (χ0) is 15.1. The third kappa shape index (κ3) is 2.66. The van der Waals surface area contributed by atoms with Crippen molar-refractivity contribution in [3.63, 3.8) is 0 Å². The minimum absolute atomic E-state index is 0.502. The summed E-state index contributed by atoms with van der Waals surface area (Å²) in [6.07, 6.45) is 1.03. The third-order valence-corrected chi connectivity index (χ3v) is 3.92. The van der Waals surface area contributed by atoms with Crippen molar-refractivity contribution in [2.75, 3.05) is 0 Å². The van der Waals surface area contributed by atoms with E-state index in [1.54, 1.807) is 0 Å². The van der Waals surface area contributed by atoms with Crippen LogP contribution in [0.2, 0.25) is 0 Å². The van der Waals surface area contributed by atoms with Gasteiger partial charge in [-0.2, -0.15) is 0 Å². The fraction of sp³-hybridized carbons (Fsp3) is 0.250. The number of rotatable bonds is 2. The quantitative estimate of drug-likeness (QED) is 0.755. The molecule has 1 aliphatic rings. The van der Waals surface area contributed by atoms with Crippen LogP contribution in [-0.4, -0.2) is 31.4 Å². The van der Waals surface area contributed by atoms with Gasteiger partial charge in [-0.15, -0.1) is 0 Å². The Labute approximate surface area is 131 Å². The molecule has 0 bridgehead atoms. The van der Waals surface area contributed by atoms with Crippen LogP contribution < -0.4 is 4.74 Å². The number of hydrogen-bond acceptors (Lipinski definition) is 1. The molecule has 0 spiro atoms. The average molecular weight is 264 g/mol. The largest absolute Gasteiger partial charge is 0.457 e. The Morgan fingerprint density at radius 2 is 1.43 bits per heavy atom. The van der Waals surface area contributed by atoms with Crippen LogP contribution in [0.15, 0.2) is 48.5 Å². The zero-order valence-electron chi connectivity index (χ0n) is 11.8. The highest BCUT2D eigenvalue weighted by Crippen LogP contribution is 2.45. The molecule has 0 atom stereocenters. The van der Waals surface area contributed by atoms with E-state index in [0.717, 1.165) is 5.56 Å². The molecule has 5 heteroatoms. The van der Waals surface area contributed by atoms with Gasteiger partial charge in [0.2, 0.25) is 0 Å². The molecule has 0 unspecified atom stereocenters. The minimum atomic E-state index is -0.997. The topological polar surface area (TPSA) is 9.23 Å². The van der Waals surface area contributed by atoms with E-state index in [0.29, 0.717) is 29.9 Å². The summed E-state index contributed by atoms with van der Waals surface area (Å²) in [5, 5.41) is -1.93. The lowest BCUT2D eigenvalue weighted by molar-refractivity contribution is 0.459. The van der Waals surface area contributed by atoms with Gasteiger partial charge in [-0.05, 0) is 23.8 Å². The molecule has 94 valence electrons. The lowest BCUT2D eigenvalue weighted by Crippen LogP contribution is -2.42. The summed E-state index contributed by atoms with van der Waals surface area (Å²) >= 11 is 0. The van der Waals surface area contributed by atoms with Gasteiger partial charge in [-0.25, -0.2) is 0 Å². The van der Waals surface area contributed by atoms with E-state index in [1.165, 1.54) is 0 Å². The molecule has 2 aromatic rings. The highest BCUT2D eigenvalue weighted by Gasteiger charge is 2.37. The molecule has 0 amide bonds. The fourth-order valence-electron chi connectivity index (χ4n) is 2.77. The van der Waals surface area contributed by atoms with Gasteiger partial charge in [0.25, 0.3) is 0 Å². The average Bonchev–Trinajstić information content (AvgIpc) is 2.45. The van der Waals surface area contributed by atoms with E-state index in [2.05, 4.69) is 0 Å². The lowest BCUT2D eigenvalue weighted by atomic mass is 9.37. The van der Waals surface area contributed by atoms with Crippen LogP contribution in [0.25, 0.3) is 0 Å². The van der Waals surface area contributed by atoms with Crippen molar-refractivity contribution in [3.05, 3.63) is 59.7 Å². The maximum atomic E-state index is 6.25. The molecule has 1 aliphatic carbocycles. The number of fused-ring (bicyclic) bond motifs is 1. The molecular formula is C16H12B4O. The van der Waals surface area contributed by atoms with E-state index in [1.807, 2.05) is 48.5 Å². The normalized spacial score (nSPS) is 18.7. The van der Waals surface area contributed by atoms with Crippen LogP contribution in [0.3, 0.4) is 0 Å².